The standard InChI is InChI=1S/C15H12F7N3O/c1-2-25(10-5-3-4-9(16)6-10)13-23-7-11(15(20,21)22)12(24-13)26-8-14(17,18)19/h3-7H,2,8H2,1H3. The van der Waals surface area contributed by atoms with Crippen molar-refractivity contribution in [1.29, 1.82) is 0 Å². The molecule has 0 aliphatic heterocycles. The van der Waals surface area contributed by atoms with E-state index in [1.54, 1.807) is 6.92 Å². The van der Waals surface area contributed by atoms with Gasteiger partial charge in [-0.25, -0.2) is 9.37 Å². The van der Waals surface area contributed by atoms with E-state index < -0.39 is 36.2 Å². The number of aromatic nitrogens is 2. The van der Waals surface area contributed by atoms with Crippen molar-refractivity contribution in [3.63, 3.8) is 0 Å². The summed E-state index contributed by atoms with van der Waals surface area (Å²) in [6.45, 7) is -0.242. The number of benzene rings is 1. The number of hydrogen-bond donors (Lipinski definition) is 0. The maximum Gasteiger partial charge on any atom is 0.423 e. The van der Waals surface area contributed by atoms with Gasteiger partial charge in [0.15, 0.2) is 6.61 Å². The van der Waals surface area contributed by atoms with Gasteiger partial charge in [0.1, 0.15) is 11.4 Å². The van der Waals surface area contributed by atoms with Crippen LogP contribution in [0.1, 0.15) is 12.5 Å². The third-order valence-electron chi connectivity index (χ3n) is 3.10. The Kier molecular flexibility index (Phi) is 5.57. The third-order valence-corrected chi connectivity index (χ3v) is 3.10. The zero-order valence-electron chi connectivity index (χ0n) is 13.2. The molecule has 11 heteroatoms. The highest BCUT2D eigenvalue weighted by Gasteiger charge is 2.38. The van der Waals surface area contributed by atoms with Crippen molar-refractivity contribution in [2.24, 2.45) is 0 Å². The van der Waals surface area contributed by atoms with Crippen LogP contribution in [0, 0.1) is 5.82 Å². The molecule has 0 saturated carbocycles. The van der Waals surface area contributed by atoms with E-state index in [0.717, 1.165) is 12.1 Å². The topological polar surface area (TPSA) is 38.2 Å². The van der Waals surface area contributed by atoms with E-state index in [-0.39, 0.29) is 18.2 Å². The zero-order valence-corrected chi connectivity index (χ0v) is 13.2. The first-order valence-electron chi connectivity index (χ1n) is 7.18. The fourth-order valence-corrected chi connectivity index (χ4v) is 2.03. The van der Waals surface area contributed by atoms with Gasteiger partial charge in [0.2, 0.25) is 11.8 Å². The number of alkyl halides is 6. The SMILES string of the molecule is CCN(c1cccc(F)c1)c1ncc(C(F)(F)F)c(OCC(F)(F)F)n1. The number of ether oxygens (including phenoxy) is 1. The lowest BCUT2D eigenvalue weighted by atomic mass is 10.3. The predicted octanol–water partition coefficient (Wildman–Crippen LogP) is 4.73. The first-order chi connectivity index (χ1) is 12.0. The number of rotatable bonds is 5. The average molecular weight is 383 g/mol. The van der Waals surface area contributed by atoms with Crippen molar-refractivity contribution in [2.75, 3.05) is 18.1 Å². The zero-order chi connectivity index (χ0) is 19.5. The highest BCUT2D eigenvalue weighted by molar-refractivity contribution is 5.57. The first kappa shape index (κ1) is 19.7. The molecule has 2 aromatic rings. The average Bonchev–Trinajstić information content (AvgIpc) is 2.52. The van der Waals surface area contributed by atoms with E-state index in [4.69, 9.17) is 0 Å². The molecule has 1 heterocycles. The number of anilines is 2. The van der Waals surface area contributed by atoms with Gasteiger partial charge in [-0.1, -0.05) is 6.07 Å². The molecule has 0 aliphatic carbocycles. The van der Waals surface area contributed by atoms with Crippen molar-refractivity contribution in [2.45, 2.75) is 19.3 Å². The Balaban J connectivity index is 2.45. The lowest BCUT2D eigenvalue weighted by molar-refractivity contribution is -0.159. The molecular formula is C15H12F7N3O. The number of halogens is 7. The molecule has 4 nitrogen and oxygen atoms in total. The summed E-state index contributed by atoms with van der Waals surface area (Å²) in [5.41, 5.74) is -1.32. The molecule has 26 heavy (non-hydrogen) atoms. The third kappa shape index (κ3) is 4.96. The summed E-state index contributed by atoms with van der Waals surface area (Å²) in [5, 5.41) is 0. The summed E-state index contributed by atoms with van der Waals surface area (Å²) in [4.78, 5) is 8.23. The molecule has 0 saturated heterocycles. The molecule has 0 atom stereocenters. The van der Waals surface area contributed by atoms with Crippen LogP contribution in [0.4, 0.5) is 42.4 Å². The van der Waals surface area contributed by atoms with Gasteiger partial charge in [-0.15, -0.1) is 0 Å². The number of nitrogens with zero attached hydrogens (tertiary/aromatic N) is 3. The maximum absolute atomic E-state index is 13.4. The molecule has 1 aromatic carbocycles. The Morgan fingerprint density at radius 3 is 2.35 bits per heavy atom. The second-order valence-corrected chi connectivity index (χ2v) is 5.01. The summed E-state index contributed by atoms with van der Waals surface area (Å²) in [6, 6.07) is 5.05. The maximum atomic E-state index is 13.4. The molecule has 2 rings (SSSR count). The van der Waals surface area contributed by atoms with Crippen molar-refractivity contribution < 1.29 is 35.5 Å². The van der Waals surface area contributed by atoms with Crippen molar-refractivity contribution in [3.8, 4) is 5.88 Å². The van der Waals surface area contributed by atoms with E-state index >= 15 is 0 Å². The largest absolute Gasteiger partial charge is 0.467 e. The molecule has 0 amide bonds. The second-order valence-electron chi connectivity index (χ2n) is 5.01. The summed E-state index contributed by atoms with van der Waals surface area (Å²) in [6.07, 6.45) is -9.52. The van der Waals surface area contributed by atoms with Crippen molar-refractivity contribution in [3.05, 3.63) is 41.8 Å². The van der Waals surface area contributed by atoms with Gasteiger partial charge in [-0.2, -0.15) is 31.3 Å². The lowest BCUT2D eigenvalue weighted by Crippen LogP contribution is -2.24. The Labute approximate surface area is 143 Å². The van der Waals surface area contributed by atoms with Crippen LogP contribution in [-0.4, -0.2) is 29.3 Å². The Hall–Kier alpha value is -2.59. The predicted molar refractivity (Wildman–Crippen MR) is 77.7 cm³/mol. The Bertz CT molecular complexity index is 762. The summed E-state index contributed by atoms with van der Waals surface area (Å²) in [7, 11) is 0. The molecule has 0 aliphatic rings. The summed E-state index contributed by atoms with van der Waals surface area (Å²) in [5.74, 6) is -2.22. The quantitative estimate of drug-likeness (QED) is 0.700. The molecule has 0 unspecified atom stereocenters. The van der Waals surface area contributed by atoms with Gasteiger partial charge in [0.05, 0.1) is 0 Å². The van der Waals surface area contributed by atoms with Crippen LogP contribution >= 0.6 is 0 Å². The van der Waals surface area contributed by atoms with E-state index in [1.165, 1.54) is 17.0 Å². The summed E-state index contributed by atoms with van der Waals surface area (Å²) < 4.78 is 93.4. The van der Waals surface area contributed by atoms with Gasteiger partial charge in [0.25, 0.3) is 0 Å². The van der Waals surface area contributed by atoms with E-state index in [1.807, 2.05) is 0 Å². The normalized spacial score (nSPS) is 12.2. The van der Waals surface area contributed by atoms with Gasteiger partial charge in [0, 0.05) is 18.4 Å². The van der Waals surface area contributed by atoms with Crippen LogP contribution in [0.5, 0.6) is 5.88 Å². The first-order valence-corrected chi connectivity index (χ1v) is 7.18. The Morgan fingerprint density at radius 1 is 1.12 bits per heavy atom. The monoisotopic (exact) mass is 383 g/mol. The van der Waals surface area contributed by atoms with E-state index in [9.17, 15) is 30.7 Å². The lowest BCUT2D eigenvalue weighted by Gasteiger charge is -2.22. The fraction of sp³-hybridized carbons (Fsp3) is 0.333. The summed E-state index contributed by atoms with van der Waals surface area (Å²) >= 11 is 0. The molecule has 0 radical (unpaired) electrons. The minimum absolute atomic E-state index is 0.119. The molecule has 0 spiro atoms. The van der Waals surface area contributed by atoms with Crippen LogP contribution in [0.25, 0.3) is 0 Å². The van der Waals surface area contributed by atoms with Gasteiger partial charge in [-0.05, 0) is 25.1 Å². The highest BCUT2D eigenvalue weighted by Crippen LogP contribution is 2.36. The van der Waals surface area contributed by atoms with Gasteiger partial charge < -0.3 is 9.64 Å². The van der Waals surface area contributed by atoms with Gasteiger partial charge in [-0.3, -0.25) is 0 Å². The van der Waals surface area contributed by atoms with Crippen LogP contribution in [-0.2, 0) is 6.18 Å². The minimum Gasteiger partial charge on any atom is -0.467 e. The van der Waals surface area contributed by atoms with Crippen molar-refractivity contribution >= 4 is 11.6 Å². The smallest absolute Gasteiger partial charge is 0.423 e. The van der Waals surface area contributed by atoms with Crippen LogP contribution in [0.2, 0.25) is 0 Å². The molecule has 142 valence electrons. The van der Waals surface area contributed by atoms with Crippen LogP contribution in [0.3, 0.4) is 0 Å². The molecular weight excluding hydrogens is 371 g/mol. The van der Waals surface area contributed by atoms with Crippen LogP contribution in [0.15, 0.2) is 30.5 Å². The Morgan fingerprint density at radius 2 is 1.81 bits per heavy atom. The van der Waals surface area contributed by atoms with Crippen molar-refractivity contribution in [1.82, 2.24) is 9.97 Å². The van der Waals surface area contributed by atoms with Gasteiger partial charge >= 0.3 is 12.4 Å². The van der Waals surface area contributed by atoms with E-state index in [2.05, 4.69) is 14.7 Å². The molecule has 1 aromatic heterocycles. The van der Waals surface area contributed by atoms with E-state index in [0.29, 0.717) is 6.20 Å². The molecule has 0 bridgehead atoms. The molecule has 0 N–H and O–H groups in total. The second kappa shape index (κ2) is 7.34. The number of hydrogen-bond acceptors (Lipinski definition) is 4. The minimum atomic E-state index is -5.00. The van der Waals surface area contributed by atoms with Crippen LogP contribution < -0.4 is 9.64 Å². The highest BCUT2D eigenvalue weighted by atomic mass is 19.4. The molecule has 0 fully saturated rings. The fourth-order valence-electron chi connectivity index (χ4n) is 2.03.